The van der Waals surface area contributed by atoms with E-state index >= 15 is 0 Å². The van der Waals surface area contributed by atoms with E-state index in [1.165, 1.54) is 36.8 Å². The topological polar surface area (TPSA) is 45.5 Å². The van der Waals surface area contributed by atoms with Gasteiger partial charge in [0.15, 0.2) is 5.96 Å². The highest BCUT2D eigenvalue weighted by molar-refractivity contribution is 14.0. The first-order chi connectivity index (χ1) is 13.2. The summed E-state index contributed by atoms with van der Waals surface area (Å²) in [6.07, 6.45) is 9.14. The van der Waals surface area contributed by atoms with Crippen LogP contribution in [0.25, 0.3) is 0 Å². The summed E-state index contributed by atoms with van der Waals surface area (Å²) in [5.41, 5.74) is 3.03. The predicted molar refractivity (Wildman–Crippen MR) is 126 cm³/mol. The molecular weight excluding hydrogens is 461 g/mol. The zero-order valence-electron chi connectivity index (χ0n) is 17.0. The van der Waals surface area contributed by atoms with Gasteiger partial charge in [0.2, 0.25) is 0 Å². The van der Waals surface area contributed by atoms with Crippen molar-refractivity contribution in [2.24, 2.45) is 12.0 Å². The molecule has 1 aliphatic carbocycles. The zero-order valence-corrected chi connectivity index (χ0v) is 19.3. The molecule has 2 fully saturated rings. The molecule has 28 heavy (non-hydrogen) atoms. The maximum Gasteiger partial charge on any atom is 0.193 e. The Labute approximate surface area is 185 Å². The molecule has 2 aliphatic rings. The first-order valence-electron chi connectivity index (χ1n) is 10.3. The summed E-state index contributed by atoms with van der Waals surface area (Å²) in [5, 5.41) is 7.87. The van der Waals surface area contributed by atoms with Gasteiger partial charge in [-0.05, 0) is 37.3 Å². The van der Waals surface area contributed by atoms with Crippen molar-refractivity contribution in [2.45, 2.75) is 43.9 Å². The van der Waals surface area contributed by atoms with Gasteiger partial charge in [-0.3, -0.25) is 9.67 Å². The Morgan fingerprint density at radius 1 is 1.29 bits per heavy atom. The quantitative estimate of drug-likeness (QED) is 0.390. The van der Waals surface area contributed by atoms with Gasteiger partial charge >= 0.3 is 0 Å². The fourth-order valence-corrected chi connectivity index (χ4v) is 4.46. The Hall–Kier alpha value is -1.57. The van der Waals surface area contributed by atoms with E-state index in [4.69, 9.17) is 4.99 Å². The third-order valence-electron chi connectivity index (χ3n) is 6.25. The summed E-state index contributed by atoms with van der Waals surface area (Å²) in [6, 6.07) is 11.0. The van der Waals surface area contributed by atoms with Gasteiger partial charge in [0.05, 0.1) is 12.7 Å². The van der Waals surface area contributed by atoms with Crippen LogP contribution in [-0.4, -0.2) is 46.8 Å². The normalized spacial score (nSPS) is 21.1. The van der Waals surface area contributed by atoms with Crippen molar-refractivity contribution in [2.75, 3.05) is 26.2 Å². The van der Waals surface area contributed by atoms with Gasteiger partial charge < -0.3 is 10.2 Å². The van der Waals surface area contributed by atoms with Crippen LogP contribution in [0.4, 0.5) is 0 Å². The SMILES string of the molecule is CCNC(=NCC1(c2ccccc2)CCC1)N1CCC(c2cnn(C)c2)C1.I. The highest BCUT2D eigenvalue weighted by atomic mass is 127. The Bertz CT molecular complexity index is 781. The minimum Gasteiger partial charge on any atom is -0.357 e. The number of likely N-dealkylation sites (tertiary alicyclic amines) is 1. The molecule has 1 unspecified atom stereocenters. The molecule has 1 aromatic carbocycles. The summed E-state index contributed by atoms with van der Waals surface area (Å²) in [4.78, 5) is 7.54. The molecule has 1 N–H and O–H groups in total. The second-order valence-corrected chi connectivity index (χ2v) is 8.05. The van der Waals surface area contributed by atoms with Gasteiger partial charge in [-0.2, -0.15) is 5.10 Å². The molecule has 1 aromatic heterocycles. The van der Waals surface area contributed by atoms with Gasteiger partial charge in [0.1, 0.15) is 0 Å². The lowest BCUT2D eigenvalue weighted by Crippen LogP contribution is -2.43. The summed E-state index contributed by atoms with van der Waals surface area (Å²) in [6.45, 7) is 6.03. The number of nitrogens with one attached hydrogen (secondary N) is 1. The molecule has 1 aliphatic heterocycles. The average molecular weight is 493 g/mol. The molecule has 1 saturated heterocycles. The fourth-order valence-electron chi connectivity index (χ4n) is 4.46. The molecule has 0 spiro atoms. The van der Waals surface area contributed by atoms with Gasteiger partial charge in [0.25, 0.3) is 0 Å². The highest BCUT2D eigenvalue weighted by Crippen LogP contribution is 2.44. The van der Waals surface area contributed by atoms with Crippen LogP contribution in [0, 0.1) is 0 Å². The number of aliphatic imine (C=N–C) groups is 1. The monoisotopic (exact) mass is 493 g/mol. The fraction of sp³-hybridized carbons (Fsp3) is 0.545. The van der Waals surface area contributed by atoms with Crippen molar-refractivity contribution < 1.29 is 0 Å². The second kappa shape index (κ2) is 9.29. The average Bonchev–Trinajstić information content (AvgIpc) is 3.30. The van der Waals surface area contributed by atoms with Crippen LogP contribution in [0.1, 0.15) is 49.7 Å². The maximum atomic E-state index is 5.11. The number of nitrogens with zero attached hydrogens (tertiary/aromatic N) is 4. The molecule has 1 atom stereocenters. The van der Waals surface area contributed by atoms with Crippen molar-refractivity contribution in [1.29, 1.82) is 0 Å². The molecule has 2 heterocycles. The summed E-state index contributed by atoms with van der Waals surface area (Å²) < 4.78 is 1.90. The molecule has 1 saturated carbocycles. The van der Waals surface area contributed by atoms with Crippen molar-refractivity contribution in [1.82, 2.24) is 20.0 Å². The number of hydrogen-bond acceptors (Lipinski definition) is 2. The van der Waals surface area contributed by atoms with E-state index in [9.17, 15) is 0 Å². The van der Waals surface area contributed by atoms with Crippen LogP contribution in [0.15, 0.2) is 47.7 Å². The van der Waals surface area contributed by atoms with Gasteiger partial charge in [-0.15, -0.1) is 24.0 Å². The third-order valence-corrected chi connectivity index (χ3v) is 6.25. The Morgan fingerprint density at radius 3 is 2.68 bits per heavy atom. The summed E-state index contributed by atoms with van der Waals surface area (Å²) in [5.74, 6) is 1.63. The van der Waals surface area contributed by atoms with Crippen LogP contribution in [0.3, 0.4) is 0 Å². The molecule has 0 radical (unpaired) electrons. The standard InChI is InChI=1S/C22H31N5.HI/c1-3-23-21(27-13-10-18(16-27)19-14-25-26(2)15-19)24-17-22(11-7-12-22)20-8-5-4-6-9-20;/h4-6,8-9,14-15,18H,3,7,10-13,16-17H2,1-2H3,(H,23,24);1H. The van der Waals surface area contributed by atoms with E-state index in [1.807, 2.05) is 17.9 Å². The van der Waals surface area contributed by atoms with E-state index in [1.54, 1.807) is 0 Å². The lowest BCUT2D eigenvalue weighted by molar-refractivity contribution is 0.252. The largest absolute Gasteiger partial charge is 0.357 e. The maximum absolute atomic E-state index is 5.11. The Balaban J connectivity index is 0.00000225. The van der Waals surface area contributed by atoms with Crippen LogP contribution in [-0.2, 0) is 12.5 Å². The van der Waals surface area contributed by atoms with Crippen molar-refractivity contribution in [3.05, 3.63) is 53.9 Å². The smallest absolute Gasteiger partial charge is 0.193 e. The first-order valence-corrected chi connectivity index (χ1v) is 10.3. The van der Waals surface area contributed by atoms with Gasteiger partial charge in [-0.25, -0.2) is 0 Å². The minimum absolute atomic E-state index is 0. The number of aromatic nitrogens is 2. The van der Waals surface area contributed by atoms with Crippen LogP contribution in [0.2, 0.25) is 0 Å². The number of rotatable bonds is 5. The van der Waals surface area contributed by atoms with E-state index in [0.717, 1.165) is 32.1 Å². The molecule has 6 heteroatoms. The second-order valence-electron chi connectivity index (χ2n) is 8.05. The number of halogens is 1. The van der Waals surface area contributed by atoms with Crippen LogP contribution < -0.4 is 5.32 Å². The molecule has 0 bridgehead atoms. The molecule has 0 amide bonds. The van der Waals surface area contributed by atoms with Crippen LogP contribution >= 0.6 is 24.0 Å². The highest BCUT2D eigenvalue weighted by Gasteiger charge is 2.38. The van der Waals surface area contributed by atoms with E-state index in [2.05, 4.69) is 58.8 Å². The number of guanidine groups is 1. The Morgan fingerprint density at radius 2 is 2.07 bits per heavy atom. The number of benzene rings is 1. The molecule has 4 rings (SSSR count). The van der Waals surface area contributed by atoms with Crippen molar-refractivity contribution >= 4 is 29.9 Å². The predicted octanol–water partition coefficient (Wildman–Crippen LogP) is 3.91. The lowest BCUT2D eigenvalue weighted by Gasteiger charge is -2.41. The third kappa shape index (κ3) is 4.36. The van der Waals surface area contributed by atoms with Gasteiger partial charge in [0, 0.05) is 44.2 Å². The first kappa shape index (κ1) is 21.1. The molecular formula is C22H32IN5. The molecule has 152 valence electrons. The van der Waals surface area contributed by atoms with Crippen LogP contribution in [0.5, 0.6) is 0 Å². The number of hydrogen-bond donors (Lipinski definition) is 1. The van der Waals surface area contributed by atoms with Crippen molar-refractivity contribution in [3.8, 4) is 0 Å². The molecule has 2 aromatic rings. The zero-order chi connectivity index (χ0) is 18.7. The van der Waals surface area contributed by atoms with Gasteiger partial charge in [-0.1, -0.05) is 36.8 Å². The van der Waals surface area contributed by atoms with E-state index in [0.29, 0.717) is 5.92 Å². The Kier molecular flexibility index (Phi) is 7.01. The van der Waals surface area contributed by atoms with E-state index in [-0.39, 0.29) is 29.4 Å². The molecule has 5 nitrogen and oxygen atoms in total. The van der Waals surface area contributed by atoms with E-state index < -0.39 is 0 Å². The lowest BCUT2D eigenvalue weighted by atomic mass is 9.64. The summed E-state index contributed by atoms with van der Waals surface area (Å²) >= 11 is 0. The minimum atomic E-state index is 0. The summed E-state index contributed by atoms with van der Waals surface area (Å²) in [7, 11) is 1.99. The number of aryl methyl sites for hydroxylation is 1. The van der Waals surface area contributed by atoms with Crippen molar-refractivity contribution in [3.63, 3.8) is 0 Å².